The van der Waals surface area contributed by atoms with E-state index in [0.717, 1.165) is 16.7 Å². The molecule has 2 amide bonds. The van der Waals surface area contributed by atoms with Gasteiger partial charge in [-0.25, -0.2) is 8.78 Å². The fraction of sp³-hybridized carbons (Fsp3) is 0.286. The maximum Gasteiger partial charge on any atom is 0.262 e. The van der Waals surface area contributed by atoms with Gasteiger partial charge in [-0.05, 0) is 64.4 Å². The molecule has 0 aromatic heterocycles. The standard InChI is InChI=1S/C28H29F2N3O2/c1-28(2,3)25-18(14-22(32)16-4-9-19(29)10-5-16)8-13-21-24(25)27(35)33(26(21)34)23(15-31)17-6-11-20(30)12-7-17/h4-13,22-23H,14-15,31-32H2,1-3H3/t22-,23+/m1/s1. The van der Waals surface area contributed by atoms with Gasteiger partial charge in [-0.3, -0.25) is 14.5 Å². The molecule has 0 fully saturated rings. The van der Waals surface area contributed by atoms with Crippen molar-refractivity contribution in [3.63, 3.8) is 0 Å². The number of fused-ring (bicyclic) bond motifs is 1. The molecule has 3 aromatic rings. The molecule has 0 saturated carbocycles. The molecular formula is C28H29F2N3O2. The minimum absolute atomic E-state index is 0.00422. The van der Waals surface area contributed by atoms with Crippen molar-refractivity contribution in [3.8, 4) is 0 Å². The average molecular weight is 478 g/mol. The zero-order chi connectivity index (χ0) is 25.5. The lowest BCUT2D eigenvalue weighted by molar-refractivity contribution is 0.0586. The first-order chi connectivity index (χ1) is 16.5. The highest BCUT2D eigenvalue weighted by atomic mass is 19.1. The quantitative estimate of drug-likeness (QED) is 0.499. The van der Waals surface area contributed by atoms with Gasteiger partial charge < -0.3 is 11.5 Å². The van der Waals surface area contributed by atoms with Crippen LogP contribution in [0.1, 0.15) is 75.8 Å². The van der Waals surface area contributed by atoms with E-state index in [1.165, 1.54) is 41.3 Å². The first kappa shape index (κ1) is 24.7. The van der Waals surface area contributed by atoms with Crippen molar-refractivity contribution in [2.45, 2.75) is 44.7 Å². The molecule has 5 nitrogen and oxygen atoms in total. The van der Waals surface area contributed by atoms with E-state index in [2.05, 4.69) is 0 Å². The van der Waals surface area contributed by atoms with Crippen molar-refractivity contribution in [2.24, 2.45) is 11.5 Å². The molecule has 0 bridgehead atoms. The zero-order valence-electron chi connectivity index (χ0n) is 20.0. The Balaban J connectivity index is 1.77. The topological polar surface area (TPSA) is 89.4 Å². The third kappa shape index (κ3) is 4.61. The summed E-state index contributed by atoms with van der Waals surface area (Å²) >= 11 is 0. The van der Waals surface area contributed by atoms with E-state index in [1.54, 1.807) is 18.2 Å². The summed E-state index contributed by atoms with van der Waals surface area (Å²) in [5.74, 6) is -1.60. The summed E-state index contributed by atoms with van der Waals surface area (Å²) in [6, 6.07) is 14.0. The van der Waals surface area contributed by atoms with Crippen LogP contribution in [-0.4, -0.2) is 23.3 Å². The van der Waals surface area contributed by atoms with Crippen LogP contribution in [0, 0.1) is 11.6 Å². The third-order valence-corrected chi connectivity index (χ3v) is 6.45. The van der Waals surface area contributed by atoms with Gasteiger partial charge in [0, 0.05) is 12.6 Å². The van der Waals surface area contributed by atoms with Crippen LogP contribution in [0.5, 0.6) is 0 Å². The van der Waals surface area contributed by atoms with Crippen LogP contribution in [0.15, 0.2) is 60.7 Å². The summed E-state index contributed by atoms with van der Waals surface area (Å²) in [5, 5.41) is 0. The first-order valence-corrected chi connectivity index (χ1v) is 11.5. The van der Waals surface area contributed by atoms with E-state index in [9.17, 15) is 18.4 Å². The molecule has 1 aliphatic heterocycles. The van der Waals surface area contributed by atoms with Crippen molar-refractivity contribution in [1.82, 2.24) is 4.90 Å². The monoisotopic (exact) mass is 477 g/mol. The van der Waals surface area contributed by atoms with Gasteiger partial charge in [0.05, 0.1) is 17.2 Å². The van der Waals surface area contributed by atoms with Crippen LogP contribution < -0.4 is 11.5 Å². The molecular weight excluding hydrogens is 448 g/mol. The van der Waals surface area contributed by atoms with Crippen molar-refractivity contribution < 1.29 is 18.4 Å². The number of rotatable bonds is 6. The number of carbonyl (C=O) groups excluding carboxylic acids is 2. The SMILES string of the molecule is CC(C)(C)c1c(C[C@@H](N)c2ccc(F)cc2)ccc2c1C(=O)N([C@@H](CN)c1ccc(F)cc1)C2=O. The molecule has 0 saturated heterocycles. The van der Waals surface area contributed by atoms with Crippen LogP contribution in [-0.2, 0) is 11.8 Å². The van der Waals surface area contributed by atoms with Crippen molar-refractivity contribution in [2.75, 3.05) is 6.54 Å². The molecule has 4 N–H and O–H groups in total. The van der Waals surface area contributed by atoms with Gasteiger partial charge in [-0.2, -0.15) is 0 Å². The highest BCUT2D eigenvalue weighted by molar-refractivity contribution is 6.22. The Hall–Kier alpha value is -3.42. The first-order valence-electron chi connectivity index (χ1n) is 11.5. The van der Waals surface area contributed by atoms with Crippen LogP contribution >= 0.6 is 0 Å². The summed E-state index contributed by atoms with van der Waals surface area (Å²) in [6.07, 6.45) is 0.408. The minimum Gasteiger partial charge on any atom is -0.328 e. The van der Waals surface area contributed by atoms with Crippen LogP contribution in [0.4, 0.5) is 8.78 Å². The molecule has 0 aliphatic carbocycles. The van der Waals surface area contributed by atoms with Gasteiger partial charge in [-0.1, -0.05) is 51.1 Å². The largest absolute Gasteiger partial charge is 0.328 e. The van der Waals surface area contributed by atoms with Gasteiger partial charge in [0.1, 0.15) is 11.6 Å². The van der Waals surface area contributed by atoms with Crippen LogP contribution in [0.25, 0.3) is 0 Å². The Kier molecular flexibility index (Phi) is 6.58. The Morgan fingerprint density at radius 3 is 1.89 bits per heavy atom. The summed E-state index contributed by atoms with van der Waals surface area (Å²) in [5.41, 5.74) is 15.6. The van der Waals surface area contributed by atoms with E-state index >= 15 is 0 Å². The van der Waals surface area contributed by atoms with Crippen LogP contribution in [0.3, 0.4) is 0 Å². The Morgan fingerprint density at radius 1 is 0.829 bits per heavy atom. The van der Waals surface area contributed by atoms with E-state index in [0.29, 0.717) is 23.1 Å². The number of nitrogens with zero attached hydrogens (tertiary/aromatic N) is 1. The highest BCUT2D eigenvalue weighted by Crippen LogP contribution is 2.40. The molecule has 0 spiro atoms. The fourth-order valence-corrected chi connectivity index (χ4v) is 4.84. The lowest BCUT2D eigenvalue weighted by atomic mass is 9.77. The van der Waals surface area contributed by atoms with E-state index in [1.807, 2.05) is 26.8 Å². The van der Waals surface area contributed by atoms with E-state index in [4.69, 9.17) is 11.5 Å². The van der Waals surface area contributed by atoms with Gasteiger partial charge in [0.2, 0.25) is 0 Å². The molecule has 1 heterocycles. The van der Waals surface area contributed by atoms with E-state index < -0.39 is 35.1 Å². The van der Waals surface area contributed by atoms with Crippen LogP contribution in [0.2, 0.25) is 0 Å². The molecule has 4 rings (SSSR count). The molecule has 3 aromatic carbocycles. The Bertz CT molecular complexity index is 1270. The van der Waals surface area contributed by atoms with Crippen molar-refractivity contribution in [3.05, 3.63) is 106 Å². The summed E-state index contributed by atoms with van der Waals surface area (Å²) in [7, 11) is 0. The number of nitrogens with two attached hydrogens (primary N) is 2. The summed E-state index contributed by atoms with van der Waals surface area (Å²) < 4.78 is 26.8. The van der Waals surface area contributed by atoms with Gasteiger partial charge in [0.15, 0.2) is 0 Å². The normalized spacial score (nSPS) is 15.3. The smallest absolute Gasteiger partial charge is 0.262 e. The Morgan fingerprint density at radius 2 is 1.37 bits per heavy atom. The van der Waals surface area contributed by atoms with Gasteiger partial charge >= 0.3 is 0 Å². The molecule has 7 heteroatoms. The molecule has 0 unspecified atom stereocenters. The van der Waals surface area contributed by atoms with E-state index in [-0.39, 0.29) is 12.4 Å². The lowest BCUT2D eigenvalue weighted by Crippen LogP contribution is -2.38. The highest BCUT2D eigenvalue weighted by Gasteiger charge is 2.44. The number of benzene rings is 3. The van der Waals surface area contributed by atoms with Crippen molar-refractivity contribution in [1.29, 1.82) is 0 Å². The number of hydrogen-bond acceptors (Lipinski definition) is 4. The maximum atomic E-state index is 13.8. The molecule has 182 valence electrons. The maximum absolute atomic E-state index is 13.8. The fourth-order valence-electron chi connectivity index (χ4n) is 4.84. The molecule has 2 atom stereocenters. The number of amides is 2. The molecule has 0 radical (unpaired) electrons. The molecule has 35 heavy (non-hydrogen) atoms. The summed E-state index contributed by atoms with van der Waals surface area (Å²) in [4.78, 5) is 28.4. The Labute approximate surface area is 203 Å². The third-order valence-electron chi connectivity index (χ3n) is 6.45. The van der Waals surface area contributed by atoms with Gasteiger partial charge in [0.25, 0.3) is 11.8 Å². The second-order valence-electron chi connectivity index (χ2n) is 9.92. The minimum atomic E-state index is -0.722. The predicted octanol–water partition coefficient (Wildman–Crippen LogP) is 4.80. The zero-order valence-corrected chi connectivity index (χ0v) is 20.0. The van der Waals surface area contributed by atoms with Crippen molar-refractivity contribution >= 4 is 11.8 Å². The summed E-state index contributed by atoms with van der Waals surface area (Å²) in [6.45, 7) is 5.95. The lowest BCUT2D eigenvalue weighted by Gasteiger charge is -2.28. The predicted molar refractivity (Wildman–Crippen MR) is 131 cm³/mol. The molecule has 1 aliphatic rings. The second kappa shape index (κ2) is 9.32. The number of halogens is 2. The number of carbonyl (C=O) groups is 2. The number of hydrogen-bond donors (Lipinski definition) is 2. The number of imide groups is 1. The van der Waals surface area contributed by atoms with Gasteiger partial charge in [-0.15, -0.1) is 0 Å². The average Bonchev–Trinajstić information content (AvgIpc) is 3.05. The second-order valence-corrected chi connectivity index (χ2v) is 9.92.